The molecule has 2 aliphatic rings. The van der Waals surface area contributed by atoms with E-state index in [1.807, 2.05) is 60.7 Å². The van der Waals surface area contributed by atoms with Crippen molar-refractivity contribution in [2.75, 3.05) is 32.1 Å². The van der Waals surface area contributed by atoms with E-state index >= 15 is 0 Å². The monoisotopic (exact) mass is 688 g/mol. The Kier molecular flexibility index (Phi) is 11.2. The number of aliphatic carboxylic acids is 1. The molecule has 11 nitrogen and oxygen atoms in total. The molecule has 0 radical (unpaired) electrons. The summed E-state index contributed by atoms with van der Waals surface area (Å²) in [6.45, 7) is 1.58. The van der Waals surface area contributed by atoms with Crippen LogP contribution >= 0.6 is 0 Å². The fraction of sp³-hybridized carbons (Fsp3) is 0.275. The fourth-order valence-corrected chi connectivity index (χ4v) is 6.78. The number of nitrogens with zero attached hydrogens (tertiary/aromatic N) is 3. The van der Waals surface area contributed by atoms with Gasteiger partial charge in [0.25, 0.3) is 0 Å². The summed E-state index contributed by atoms with van der Waals surface area (Å²) in [5, 5.41) is 13.9. The highest BCUT2D eigenvalue weighted by atomic mass is 16.6. The van der Waals surface area contributed by atoms with Crippen LogP contribution in [0.15, 0.2) is 114 Å². The maximum atomic E-state index is 13.9. The lowest BCUT2D eigenvalue weighted by molar-refractivity contribution is -0.139. The molecule has 2 heterocycles. The van der Waals surface area contributed by atoms with Gasteiger partial charge in [0.1, 0.15) is 12.4 Å². The number of carbonyl (C=O) groups is 4. The molecule has 2 aliphatic heterocycles. The minimum Gasteiger partial charge on any atom is -0.496 e. The Balaban J connectivity index is 1.39. The van der Waals surface area contributed by atoms with Crippen LogP contribution in [0, 0.1) is 0 Å². The molecule has 3 amide bonds. The number of aliphatic imine (C=N–C) groups is 1. The average molecular weight is 689 g/mol. The number of anilines is 1. The van der Waals surface area contributed by atoms with Gasteiger partial charge in [-0.15, -0.1) is 0 Å². The molecule has 0 spiro atoms. The second-order valence-electron chi connectivity index (χ2n) is 12.5. The summed E-state index contributed by atoms with van der Waals surface area (Å²) in [6.07, 6.45) is 0.478. The summed E-state index contributed by atoms with van der Waals surface area (Å²) < 4.78 is 10.6. The maximum absolute atomic E-state index is 13.9. The van der Waals surface area contributed by atoms with Crippen LogP contribution in [0.25, 0.3) is 0 Å². The first-order valence-electron chi connectivity index (χ1n) is 17.0. The second-order valence-corrected chi connectivity index (χ2v) is 12.5. The molecule has 51 heavy (non-hydrogen) atoms. The van der Waals surface area contributed by atoms with Crippen molar-refractivity contribution in [1.29, 1.82) is 0 Å². The number of likely N-dealkylation sites (tertiary alicyclic amines) is 1. The van der Waals surface area contributed by atoms with Crippen molar-refractivity contribution in [1.82, 2.24) is 9.80 Å². The third kappa shape index (κ3) is 8.16. The number of benzene rings is 4. The van der Waals surface area contributed by atoms with Crippen molar-refractivity contribution < 1.29 is 33.8 Å². The number of amides is 3. The van der Waals surface area contributed by atoms with E-state index in [1.54, 1.807) is 48.5 Å². The van der Waals surface area contributed by atoms with Gasteiger partial charge in [0.05, 0.1) is 31.1 Å². The summed E-state index contributed by atoms with van der Waals surface area (Å²) in [7, 11) is 1.47. The van der Waals surface area contributed by atoms with E-state index in [0.29, 0.717) is 46.8 Å². The lowest BCUT2D eigenvalue weighted by Crippen LogP contribution is -2.39. The van der Waals surface area contributed by atoms with E-state index in [-0.39, 0.29) is 31.5 Å². The number of nitrogens with one attached hydrogen (secondary N) is 1. The molecule has 0 saturated carbocycles. The van der Waals surface area contributed by atoms with Crippen molar-refractivity contribution in [2.24, 2.45) is 4.99 Å². The smallest absolute Gasteiger partial charge is 0.416 e. The minimum absolute atomic E-state index is 0.0654. The number of cyclic esters (lactones) is 1. The summed E-state index contributed by atoms with van der Waals surface area (Å²) in [5.41, 5.74) is 3.51. The van der Waals surface area contributed by atoms with Gasteiger partial charge in [-0.3, -0.25) is 19.5 Å². The van der Waals surface area contributed by atoms with Crippen LogP contribution in [0.4, 0.5) is 10.5 Å². The number of hydrogen-bond donors (Lipinski definition) is 2. The van der Waals surface area contributed by atoms with Crippen molar-refractivity contribution in [3.05, 3.63) is 131 Å². The van der Waals surface area contributed by atoms with Crippen molar-refractivity contribution in [3.63, 3.8) is 0 Å². The van der Waals surface area contributed by atoms with Gasteiger partial charge in [0, 0.05) is 35.6 Å². The first-order valence-corrected chi connectivity index (χ1v) is 17.0. The molecule has 0 aromatic heterocycles. The summed E-state index contributed by atoms with van der Waals surface area (Å²) in [5.74, 6) is -2.68. The average Bonchev–Trinajstić information content (AvgIpc) is 3.81. The Morgan fingerprint density at radius 3 is 2.31 bits per heavy atom. The molecule has 2 fully saturated rings. The van der Waals surface area contributed by atoms with E-state index in [4.69, 9.17) is 14.5 Å². The number of hydrogen-bond acceptors (Lipinski definition) is 8. The van der Waals surface area contributed by atoms with Crippen LogP contribution < -0.4 is 10.1 Å². The maximum Gasteiger partial charge on any atom is 0.416 e. The molecule has 11 heteroatoms. The van der Waals surface area contributed by atoms with Gasteiger partial charge in [0.2, 0.25) is 11.8 Å². The SMILES string of the molecule is COc1ccccc1[C@@H](CC(=O)N1CCOC1=O)[C@H](N=C(c1ccccc1)c1ccccc1NC(=O)[C@@H]1CCCN1Cc1ccccc1)C(=O)O. The van der Waals surface area contributed by atoms with Crippen LogP contribution in [0.1, 0.15) is 47.4 Å². The summed E-state index contributed by atoms with van der Waals surface area (Å²) in [6, 6.07) is 31.3. The predicted octanol–water partition coefficient (Wildman–Crippen LogP) is 5.74. The molecule has 2 N–H and O–H groups in total. The van der Waals surface area contributed by atoms with Crippen LogP contribution in [0.5, 0.6) is 5.75 Å². The van der Waals surface area contributed by atoms with Crippen molar-refractivity contribution in [2.45, 2.75) is 43.8 Å². The minimum atomic E-state index is -1.50. The standard InChI is InChI=1S/C40H40N4O7/c1-50-34-21-11-9-17-29(34)31(25-35(45)44-23-24-51-40(44)49)37(39(47)48)42-36(28-15-6-3-7-16-28)30-18-8-10-19-32(30)41-38(46)33-20-12-22-43(33)26-27-13-4-2-5-14-27/h2-11,13-19,21,31,33,37H,12,20,22-26H2,1H3,(H,41,46)(H,47,48)/t31-,33+,37+/m1/s1. The first-order chi connectivity index (χ1) is 24.8. The van der Waals surface area contributed by atoms with Crippen molar-refractivity contribution >= 4 is 35.3 Å². The van der Waals surface area contributed by atoms with Gasteiger partial charge in [0.15, 0.2) is 6.04 Å². The van der Waals surface area contributed by atoms with E-state index in [9.17, 15) is 24.3 Å². The van der Waals surface area contributed by atoms with Crippen molar-refractivity contribution in [3.8, 4) is 5.75 Å². The van der Waals surface area contributed by atoms with E-state index < -0.39 is 29.9 Å². The Bertz CT molecular complexity index is 1900. The zero-order chi connectivity index (χ0) is 35.7. The Labute approximate surface area is 296 Å². The number of ether oxygens (including phenoxy) is 2. The topological polar surface area (TPSA) is 138 Å². The van der Waals surface area contributed by atoms with Crippen LogP contribution in [-0.2, 0) is 25.7 Å². The van der Waals surface area contributed by atoms with E-state index in [1.165, 1.54) is 7.11 Å². The number of carboxylic acid groups (broad SMARTS) is 1. The first kappa shape index (κ1) is 35.0. The van der Waals surface area contributed by atoms with E-state index in [2.05, 4.69) is 10.2 Å². The molecule has 0 bridgehead atoms. The number of methoxy groups -OCH3 is 1. The molecule has 6 rings (SSSR count). The number of para-hydroxylation sites is 2. The fourth-order valence-electron chi connectivity index (χ4n) is 6.78. The summed E-state index contributed by atoms with van der Waals surface area (Å²) in [4.78, 5) is 61.1. The number of carboxylic acids is 1. The van der Waals surface area contributed by atoms with Gasteiger partial charge in [-0.05, 0) is 37.1 Å². The normalized spacial score (nSPS) is 17.4. The Morgan fingerprint density at radius 2 is 1.61 bits per heavy atom. The van der Waals surface area contributed by atoms with Crippen LogP contribution in [-0.4, -0.2) is 83.4 Å². The van der Waals surface area contributed by atoms with Gasteiger partial charge in [-0.1, -0.05) is 97.1 Å². The highest BCUT2D eigenvalue weighted by Gasteiger charge is 2.38. The van der Waals surface area contributed by atoms with Crippen LogP contribution in [0.3, 0.4) is 0 Å². The highest BCUT2D eigenvalue weighted by Crippen LogP contribution is 2.35. The Morgan fingerprint density at radius 1 is 0.922 bits per heavy atom. The van der Waals surface area contributed by atoms with Gasteiger partial charge in [-0.25, -0.2) is 14.5 Å². The zero-order valence-electron chi connectivity index (χ0n) is 28.3. The molecule has 0 unspecified atom stereocenters. The number of imide groups is 1. The molecule has 3 atom stereocenters. The second kappa shape index (κ2) is 16.3. The Hall–Kier alpha value is -5.81. The van der Waals surface area contributed by atoms with E-state index in [0.717, 1.165) is 23.4 Å². The largest absolute Gasteiger partial charge is 0.496 e. The number of rotatable bonds is 13. The van der Waals surface area contributed by atoms with Crippen LogP contribution in [0.2, 0.25) is 0 Å². The number of carbonyl (C=O) groups excluding carboxylic acids is 3. The summed E-state index contributed by atoms with van der Waals surface area (Å²) >= 11 is 0. The van der Waals surface area contributed by atoms with Gasteiger partial charge in [-0.2, -0.15) is 0 Å². The molecule has 2 saturated heterocycles. The predicted molar refractivity (Wildman–Crippen MR) is 192 cm³/mol. The lowest BCUT2D eigenvalue weighted by atomic mass is 9.87. The lowest BCUT2D eigenvalue weighted by Gasteiger charge is -2.26. The van der Waals surface area contributed by atoms with Gasteiger partial charge < -0.3 is 19.9 Å². The quantitative estimate of drug-likeness (QED) is 0.170. The zero-order valence-corrected chi connectivity index (χ0v) is 28.3. The highest BCUT2D eigenvalue weighted by molar-refractivity contribution is 6.18. The molecule has 4 aromatic rings. The molecule has 262 valence electrons. The molecular formula is C40H40N4O7. The molecule has 4 aromatic carbocycles. The molecular weight excluding hydrogens is 648 g/mol. The molecule has 0 aliphatic carbocycles. The third-order valence-corrected chi connectivity index (χ3v) is 9.28. The third-order valence-electron chi connectivity index (χ3n) is 9.28. The van der Waals surface area contributed by atoms with Gasteiger partial charge >= 0.3 is 12.1 Å².